The van der Waals surface area contributed by atoms with Crippen molar-refractivity contribution in [1.82, 2.24) is 0 Å². The van der Waals surface area contributed by atoms with Crippen LogP contribution in [-0.4, -0.2) is 11.4 Å². The van der Waals surface area contributed by atoms with Gasteiger partial charge in [0.25, 0.3) is 0 Å². The fourth-order valence-corrected chi connectivity index (χ4v) is 3.64. The molecule has 0 aliphatic rings. The second-order valence-electron chi connectivity index (χ2n) is 8.85. The van der Waals surface area contributed by atoms with Crippen LogP contribution in [0.25, 0.3) is 0 Å². The van der Waals surface area contributed by atoms with Gasteiger partial charge in [0.2, 0.25) is 0 Å². The molecule has 2 nitrogen and oxygen atoms in total. The number of benzene rings is 2. The first-order valence-corrected chi connectivity index (χ1v) is 11.0. The minimum atomic E-state index is 0.436. The molecular formula is C27H38N2. The van der Waals surface area contributed by atoms with Gasteiger partial charge >= 0.3 is 0 Å². The Hall–Kier alpha value is -2.22. The molecule has 0 aliphatic carbocycles. The average Bonchev–Trinajstić information content (AvgIpc) is 2.67. The summed E-state index contributed by atoms with van der Waals surface area (Å²) >= 11 is 0. The number of hydrogen-bond donors (Lipinski definition) is 0. The van der Waals surface area contributed by atoms with Gasteiger partial charge in [-0.05, 0) is 60.3 Å². The van der Waals surface area contributed by atoms with Crippen LogP contribution in [0.2, 0.25) is 0 Å². The molecule has 0 saturated heterocycles. The van der Waals surface area contributed by atoms with Crippen molar-refractivity contribution in [2.45, 2.75) is 86.5 Å². The maximum Gasteiger partial charge on any atom is 0.0702 e. The molecule has 0 aromatic heterocycles. The van der Waals surface area contributed by atoms with Gasteiger partial charge in [-0.1, -0.05) is 84.9 Å². The molecule has 0 atom stereocenters. The largest absolute Gasteiger partial charge is 0.251 e. The van der Waals surface area contributed by atoms with E-state index in [4.69, 9.17) is 9.98 Å². The van der Waals surface area contributed by atoms with Crippen LogP contribution in [0.4, 0.5) is 11.4 Å². The van der Waals surface area contributed by atoms with Crippen molar-refractivity contribution < 1.29 is 0 Å². The van der Waals surface area contributed by atoms with E-state index in [0.29, 0.717) is 17.8 Å². The van der Waals surface area contributed by atoms with Gasteiger partial charge in [0.15, 0.2) is 0 Å². The van der Waals surface area contributed by atoms with Crippen molar-refractivity contribution in [2.75, 3.05) is 0 Å². The highest BCUT2D eigenvalue weighted by atomic mass is 14.8. The Balaban J connectivity index is 2.60. The minimum Gasteiger partial charge on any atom is -0.251 e. The molecule has 0 radical (unpaired) electrons. The molecule has 0 heterocycles. The van der Waals surface area contributed by atoms with Crippen LogP contribution in [0.1, 0.15) is 102 Å². The van der Waals surface area contributed by atoms with Crippen molar-refractivity contribution in [3.05, 3.63) is 58.7 Å². The third kappa shape index (κ3) is 5.44. The van der Waals surface area contributed by atoms with Gasteiger partial charge in [0.05, 0.1) is 22.8 Å². The van der Waals surface area contributed by atoms with E-state index in [9.17, 15) is 0 Å². The van der Waals surface area contributed by atoms with Crippen LogP contribution >= 0.6 is 0 Å². The highest BCUT2D eigenvalue weighted by Gasteiger charge is 2.15. The number of nitrogens with zero attached hydrogens (tertiary/aromatic N) is 2. The molecule has 0 N–H and O–H groups in total. The molecule has 0 amide bonds. The standard InChI is InChI=1S/C27H38N2/c1-10-22-13-11-14-23(17(2)3)26(22)28-20(8)21(9)29-27-24(18(4)5)15-12-16-25(27)19(6)7/h11-19H,10H2,1-9H3. The van der Waals surface area contributed by atoms with Gasteiger partial charge in [-0.2, -0.15) is 0 Å². The fraction of sp³-hybridized carbons (Fsp3) is 0.481. The molecular weight excluding hydrogens is 352 g/mol. The van der Waals surface area contributed by atoms with Gasteiger partial charge in [-0.15, -0.1) is 0 Å². The predicted molar refractivity (Wildman–Crippen MR) is 130 cm³/mol. The summed E-state index contributed by atoms with van der Waals surface area (Å²) in [7, 11) is 0. The number of hydrogen-bond acceptors (Lipinski definition) is 2. The Kier molecular flexibility index (Phi) is 7.96. The summed E-state index contributed by atoms with van der Waals surface area (Å²) in [4.78, 5) is 10.2. The summed E-state index contributed by atoms with van der Waals surface area (Å²) in [6, 6.07) is 13.1. The van der Waals surface area contributed by atoms with Gasteiger partial charge in [0, 0.05) is 0 Å². The zero-order valence-electron chi connectivity index (χ0n) is 19.8. The Morgan fingerprint density at radius 2 is 1.03 bits per heavy atom. The molecule has 0 spiro atoms. The highest BCUT2D eigenvalue weighted by Crippen LogP contribution is 2.35. The zero-order valence-corrected chi connectivity index (χ0v) is 19.8. The lowest BCUT2D eigenvalue weighted by Gasteiger charge is -2.17. The van der Waals surface area contributed by atoms with Crippen LogP contribution in [0, 0.1) is 0 Å². The molecule has 0 unspecified atom stereocenters. The third-order valence-corrected chi connectivity index (χ3v) is 5.58. The van der Waals surface area contributed by atoms with Gasteiger partial charge in [-0.25, -0.2) is 0 Å². The smallest absolute Gasteiger partial charge is 0.0702 e. The van der Waals surface area contributed by atoms with Crippen LogP contribution in [-0.2, 0) is 6.42 Å². The van der Waals surface area contributed by atoms with Crippen LogP contribution in [0.3, 0.4) is 0 Å². The molecule has 0 saturated carbocycles. The van der Waals surface area contributed by atoms with Crippen molar-refractivity contribution in [3.8, 4) is 0 Å². The lowest BCUT2D eigenvalue weighted by Crippen LogP contribution is -2.07. The quantitative estimate of drug-likeness (QED) is 0.423. The van der Waals surface area contributed by atoms with E-state index in [1.54, 1.807) is 0 Å². The van der Waals surface area contributed by atoms with E-state index in [-0.39, 0.29) is 0 Å². The lowest BCUT2D eigenvalue weighted by atomic mass is 9.93. The van der Waals surface area contributed by atoms with Crippen LogP contribution in [0.15, 0.2) is 46.4 Å². The summed E-state index contributed by atoms with van der Waals surface area (Å²) in [6.07, 6.45) is 0.983. The molecule has 0 fully saturated rings. The van der Waals surface area contributed by atoms with E-state index < -0.39 is 0 Å². The van der Waals surface area contributed by atoms with Crippen molar-refractivity contribution in [2.24, 2.45) is 9.98 Å². The second kappa shape index (κ2) is 10.0. The maximum absolute atomic E-state index is 5.11. The van der Waals surface area contributed by atoms with Gasteiger partial charge in [0.1, 0.15) is 0 Å². The molecule has 2 aromatic carbocycles. The van der Waals surface area contributed by atoms with Crippen molar-refractivity contribution in [1.29, 1.82) is 0 Å². The van der Waals surface area contributed by atoms with E-state index in [2.05, 4.69) is 98.7 Å². The molecule has 156 valence electrons. The van der Waals surface area contributed by atoms with Gasteiger partial charge < -0.3 is 0 Å². The number of para-hydroxylation sites is 2. The normalized spacial score (nSPS) is 13.1. The predicted octanol–water partition coefficient (Wildman–Crippen LogP) is 8.50. The summed E-state index contributed by atoms with van der Waals surface area (Å²) in [6.45, 7) is 19.8. The first-order valence-electron chi connectivity index (χ1n) is 11.0. The summed E-state index contributed by atoms with van der Waals surface area (Å²) in [5.41, 5.74) is 9.44. The van der Waals surface area contributed by atoms with E-state index >= 15 is 0 Å². The Labute approximate surface area is 178 Å². The van der Waals surface area contributed by atoms with E-state index in [1.807, 2.05) is 0 Å². The van der Waals surface area contributed by atoms with E-state index in [0.717, 1.165) is 29.2 Å². The van der Waals surface area contributed by atoms with Crippen molar-refractivity contribution >= 4 is 22.8 Å². The highest BCUT2D eigenvalue weighted by molar-refractivity contribution is 6.41. The van der Waals surface area contributed by atoms with Crippen LogP contribution < -0.4 is 0 Å². The Bertz CT molecular complexity index is 872. The molecule has 2 heteroatoms. The Morgan fingerprint density at radius 3 is 1.45 bits per heavy atom. The summed E-state index contributed by atoms with van der Waals surface area (Å²) in [5.74, 6) is 1.32. The lowest BCUT2D eigenvalue weighted by molar-refractivity contribution is 0.835. The monoisotopic (exact) mass is 390 g/mol. The maximum atomic E-state index is 5.11. The molecule has 29 heavy (non-hydrogen) atoms. The SMILES string of the molecule is CCc1cccc(C(C)C)c1N=C(C)C(C)=Nc1c(C(C)C)cccc1C(C)C. The zero-order chi connectivity index (χ0) is 21.7. The molecule has 2 rings (SSSR count). The average molecular weight is 391 g/mol. The minimum absolute atomic E-state index is 0.436. The summed E-state index contributed by atoms with van der Waals surface area (Å²) in [5, 5.41) is 0. The third-order valence-electron chi connectivity index (χ3n) is 5.58. The summed E-state index contributed by atoms with van der Waals surface area (Å²) < 4.78 is 0. The van der Waals surface area contributed by atoms with Gasteiger partial charge in [-0.3, -0.25) is 9.98 Å². The first kappa shape index (κ1) is 23.1. The fourth-order valence-electron chi connectivity index (χ4n) is 3.64. The molecule has 0 bridgehead atoms. The second-order valence-corrected chi connectivity index (χ2v) is 8.85. The van der Waals surface area contributed by atoms with Crippen LogP contribution in [0.5, 0.6) is 0 Å². The number of aliphatic imine (C=N–C) groups is 2. The Morgan fingerprint density at radius 1 is 0.655 bits per heavy atom. The topological polar surface area (TPSA) is 24.7 Å². The van der Waals surface area contributed by atoms with Crippen molar-refractivity contribution in [3.63, 3.8) is 0 Å². The van der Waals surface area contributed by atoms with E-state index in [1.165, 1.54) is 22.3 Å². The molecule has 0 aliphatic heterocycles. The first-order chi connectivity index (χ1) is 13.7. The number of aryl methyl sites for hydroxylation is 1. The molecule has 2 aromatic rings. The number of rotatable bonds is 7.